The summed E-state index contributed by atoms with van der Waals surface area (Å²) in [5.74, 6) is 0.649. The van der Waals surface area contributed by atoms with Gasteiger partial charge in [0.2, 0.25) is 0 Å². The number of hydrogen-bond acceptors (Lipinski definition) is 6. The number of nitrogens with zero attached hydrogens (tertiary/aromatic N) is 4. The van der Waals surface area contributed by atoms with Crippen LogP contribution in [0.25, 0.3) is 33.3 Å². The number of H-pyrrole nitrogens is 1. The van der Waals surface area contributed by atoms with Gasteiger partial charge in [0.1, 0.15) is 23.6 Å². The predicted molar refractivity (Wildman–Crippen MR) is 99.8 cm³/mol. The van der Waals surface area contributed by atoms with Gasteiger partial charge >= 0.3 is 0 Å². The lowest BCUT2D eigenvalue weighted by Gasteiger charge is -2.23. The van der Waals surface area contributed by atoms with Gasteiger partial charge in [-0.05, 0) is 43.7 Å². The number of nitrogen functional groups attached to an aromatic ring is 1. The van der Waals surface area contributed by atoms with Crippen molar-refractivity contribution >= 4 is 27.8 Å². The van der Waals surface area contributed by atoms with E-state index in [1.807, 2.05) is 16.8 Å². The summed E-state index contributed by atoms with van der Waals surface area (Å²) in [4.78, 5) is 12.0. The molecule has 8 heteroatoms. The van der Waals surface area contributed by atoms with Crippen LogP contribution in [-0.2, 0) is 0 Å². The molecule has 0 aliphatic carbocycles. The van der Waals surface area contributed by atoms with Crippen molar-refractivity contribution in [1.29, 1.82) is 0 Å². The highest BCUT2D eigenvalue weighted by Gasteiger charge is 2.24. The molecule has 1 aliphatic heterocycles. The highest BCUT2D eigenvalue weighted by molar-refractivity contribution is 6.00. The summed E-state index contributed by atoms with van der Waals surface area (Å²) in [6.07, 6.45) is 3.64. The van der Waals surface area contributed by atoms with Crippen molar-refractivity contribution in [3.8, 4) is 17.1 Å². The minimum Gasteiger partial charge on any atom is -0.508 e. The normalized spacial score (nSPS) is 17.9. The third-order valence-corrected chi connectivity index (χ3v) is 4.99. The molecule has 8 nitrogen and oxygen atoms in total. The number of phenolic OH excluding ortho intramolecular Hbond substituents is 1. The number of nitrogens with two attached hydrogens (primary N) is 1. The molecule has 4 heterocycles. The second-order valence-electron chi connectivity index (χ2n) is 6.71. The van der Waals surface area contributed by atoms with Crippen molar-refractivity contribution in [3.63, 3.8) is 0 Å². The van der Waals surface area contributed by atoms with E-state index in [2.05, 4.69) is 20.3 Å². The molecule has 3 aromatic heterocycles. The molecule has 1 fully saturated rings. The molecule has 132 valence electrons. The van der Waals surface area contributed by atoms with Gasteiger partial charge in [0.15, 0.2) is 5.65 Å². The molecule has 0 radical (unpaired) electrons. The first kappa shape index (κ1) is 15.2. The number of aromatic nitrogens is 5. The second kappa shape index (κ2) is 5.70. The van der Waals surface area contributed by atoms with Crippen LogP contribution in [0.3, 0.4) is 0 Å². The van der Waals surface area contributed by atoms with Crippen molar-refractivity contribution in [2.24, 2.45) is 0 Å². The summed E-state index contributed by atoms with van der Waals surface area (Å²) >= 11 is 0. The maximum atomic E-state index is 9.72. The molecule has 0 saturated carbocycles. The molecule has 1 aromatic carbocycles. The Bertz CT molecular complexity index is 1110. The molecule has 26 heavy (non-hydrogen) atoms. The molecule has 0 unspecified atom stereocenters. The zero-order valence-electron chi connectivity index (χ0n) is 14.1. The standard InChI is InChI=1S/C18H19N7O/c19-17-15-16(14-7-10-6-12(26)3-4-13(10)23-14)24-25(18(15)22-9-21-17)11-2-1-5-20-8-11/h3-4,6-7,9,11,20,23,26H,1-2,5,8H2,(H2,19,21,22)/t11-/m1/s1. The summed E-state index contributed by atoms with van der Waals surface area (Å²) in [5.41, 5.74) is 9.43. The van der Waals surface area contributed by atoms with Crippen molar-refractivity contribution in [2.75, 3.05) is 18.8 Å². The van der Waals surface area contributed by atoms with E-state index in [1.54, 1.807) is 12.1 Å². The lowest BCUT2D eigenvalue weighted by Crippen LogP contribution is -2.32. The highest BCUT2D eigenvalue weighted by atomic mass is 16.3. The Labute approximate surface area is 149 Å². The van der Waals surface area contributed by atoms with E-state index in [1.165, 1.54) is 6.33 Å². The van der Waals surface area contributed by atoms with E-state index in [0.717, 1.165) is 59.3 Å². The van der Waals surface area contributed by atoms with Crippen LogP contribution in [0.5, 0.6) is 5.75 Å². The topological polar surface area (TPSA) is 118 Å². The number of benzene rings is 1. The lowest BCUT2D eigenvalue weighted by atomic mass is 10.1. The van der Waals surface area contributed by atoms with Gasteiger partial charge in [-0.3, -0.25) is 0 Å². The molecular weight excluding hydrogens is 330 g/mol. The average Bonchev–Trinajstić information content (AvgIpc) is 3.24. The molecule has 1 aliphatic rings. The maximum Gasteiger partial charge on any atom is 0.164 e. The maximum absolute atomic E-state index is 9.72. The van der Waals surface area contributed by atoms with E-state index in [0.29, 0.717) is 5.82 Å². The monoisotopic (exact) mass is 349 g/mol. The lowest BCUT2D eigenvalue weighted by molar-refractivity contribution is 0.354. The minimum atomic E-state index is 0.231. The Balaban J connectivity index is 1.73. The molecule has 0 amide bonds. The molecule has 4 aromatic rings. The van der Waals surface area contributed by atoms with Gasteiger partial charge in [-0.15, -0.1) is 0 Å². The zero-order valence-corrected chi connectivity index (χ0v) is 14.1. The highest BCUT2D eigenvalue weighted by Crippen LogP contribution is 2.34. The van der Waals surface area contributed by atoms with Gasteiger partial charge < -0.3 is 21.1 Å². The number of aromatic hydroxyl groups is 1. The third-order valence-electron chi connectivity index (χ3n) is 4.99. The van der Waals surface area contributed by atoms with Gasteiger partial charge in [-0.1, -0.05) is 0 Å². The van der Waals surface area contributed by atoms with Crippen LogP contribution in [0, 0.1) is 0 Å². The molecule has 0 bridgehead atoms. The first-order valence-corrected chi connectivity index (χ1v) is 8.72. The van der Waals surface area contributed by atoms with E-state index in [-0.39, 0.29) is 11.8 Å². The average molecular weight is 349 g/mol. The first-order valence-electron chi connectivity index (χ1n) is 8.72. The molecule has 5 N–H and O–H groups in total. The van der Waals surface area contributed by atoms with Crippen molar-refractivity contribution in [1.82, 2.24) is 30.0 Å². The first-order chi connectivity index (χ1) is 12.7. The summed E-state index contributed by atoms with van der Waals surface area (Å²) < 4.78 is 1.97. The fraction of sp³-hybridized carbons (Fsp3) is 0.278. The van der Waals surface area contributed by atoms with Crippen LogP contribution < -0.4 is 11.1 Å². The number of rotatable bonds is 2. The quantitative estimate of drug-likeness (QED) is 0.441. The SMILES string of the molecule is Nc1ncnc2c1c(-c1cc3cc(O)ccc3[nH]1)nn2[C@@H]1CCCNC1. The molecule has 1 atom stereocenters. The van der Waals surface area contributed by atoms with Crippen LogP contribution >= 0.6 is 0 Å². The fourth-order valence-corrected chi connectivity index (χ4v) is 3.73. The fourth-order valence-electron chi connectivity index (χ4n) is 3.73. The Morgan fingerprint density at radius 1 is 1.23 bits per heavy atom. The van der Waals surface area contributed by atoms with Crippen LogP contribution in [0.2, 0.25) is 0 Å². The van der Waals surface area contributed by atoms with Crippen LogP contribution in [-0.4, -0.2) is 42.9 Å². The summed E-state index contributed by atoms with van der Waals surface area (Å²) in [7, 11) is 0. The Hall–Kier alpha value is -3.13. The number of fused-ring (bicyclic) bond motifs is 2. The number of hydrogen-bond donors (Lipinski definition) is 4. The largest absolute Gasteiger partial charge is 0.508 e. The number of piperidine rings is 1. The van der Waals surface area contributed by atoms with Crippen LogP contribution in [0.4, 0.5) is 5.82 Å². The van der Waals surface area contributed by atoms with Gasteiger partial charge in [0, 0.05) is 17.4 Å². The Morgan fingerprint density at radius 2 is 2.15 bits per heavy atom. The van der Waals surface area contributed by atoms with Gasteiger partial charge in [-0.25, -0.2) is 14.6 Å². The molecule has 0 spiro atoms. The van der Waals surface area contributed by atoms with E-state index < -0.39 is 0 Å². The van der Waals surface area contributed by atoms with Crippen LogP contribution in [0.15, 0.2) is 30.6 Å². The zero-order chi connectivity index (χ0) is 17.7. The Morgan fingerprint density at radius 3 is 3.00 bits per heavy atom. The van der Waals surface area contributed by atoms with Gasteiger partial charge in [0.25, 0.3) is 0 Å². The number of anilines is 1. The number of phenols is 1. The van der Waals surface area contributed by atoms with Crippen molar-refractivity contribution < 1.29 is 5.11 Å². The minimum absolute atomic E-state index is 0.231. The van der Waals surface area contributed by atoms with Gasteiger partial charge in [-0.2, -0.15) is 5.10 Å². The summed E-state index contributed by atoms with van der Waals surface area (Å²) in [5, 5.41) is 19.7. The van der Waals surface area contributed by atoms with Crippen molar-refractivity contribution in [2.45, 2.75) is 18.9 Å². The van der Waals surface area contributed by atoms with Crippen LogP contribution in [0.1, 0.15) is 18.9 Å². The van der Waals surface area contributed by atoms with E-state index >= 15 is 0 Å². The van der Waals surface area contributed by atoms with Gasteiger partial charge in [0.05, 0.1) is 17.1 Å². The van der Waals surface area contributed by atoms with E-state index in [4.69, 9.17) is 10.8 Å². The third kappa shape index (κ3) is 2.30. The van der Waals surface area contributed by atoms with E-state index in [9.17, 15) is 5.11 Å². The molecule has 5 rings (SSSR count). The number of aromatic amines is 1. The van der Waals surface area contributed by atoms with Crippen molar-refractivity contribution in [3.05, 3.63) is 30.6 Å². The second-order valence-corrected chi connectivity index (χ2v) is 6.71. The summed E-state index contributed by atoms with van der Waals surface area (Å²) in [6, 6.07) is 7.43. The summed E-state index contributed by atoms with van der Waals surface area (Å²) in [6.45, 7) is 1.89. The molecule has 1 saturated heterocycles. The predicted octanol–water partition coefficient (Wildman–Crippen LogP) is 2.19. The molecular formula is C18H19N7O. The Kier molecular flexibility index (Phi) is 3.32. The smallest absolute Gasteiger partial charge is 0.164 e. The number of nitrogens with one attached hydrogen (secondary N) is 2.